The van der Waals surface area contributed by atoms with Crippen molar-refractivity contribution in [2.75, 3.05) is 5.32 Å². The lowest BCUT2D eigenvalue weighted by Gasteiger charge is -2.16. The van der Waals surface area contributed by atoms with Crippen molar-refractivity contribution in [1.82, 2.24) is 10.3 Å². The molecule has 0 atom stereocenters. The molecule has 0 saturated heterocycles. The van der Waals surface area contributed by atoms with Gasteiger partial charge in [-0.3, -0.25) is 9.78 Å². The highest BCUT2D eigenvalue weighted by Crippen LogP contribution is 2.23. The second-order valence-electron chi connectivity index (χ2n) is 7.00. The van der Waals surface area contributed by atoms with Crippen molar-refractivity contribution in [3.05, 3.63) is 53.3 Å². The van der Waals surface area contributed by atoms with E-state index in [1.165, 1.54) is 36.8 Å². The van der Waals surface area contributed by atoms with Crippen molar-refractivity contribution < 1.29 is 4.79 Å². The summed E-state index contributed by atoms with van der Waals surface area (Å²) in [6.07, 6.45) is 10.5. The number of carbonyl (C=O) groups is 1. The van der Waals surface area contributed by atoms with E-state index in [0.29, 0.717) is 11.6 Å². The molecule has 1 aromatic heterocycles. The first-order valence-corrected chi connectivity index (χ1v) is 9.22. The molecule has 4 heteroatoms. The molecule has 25 heavy (non-hydrogen) atoms. The molecule has 1 aliphatic rings. The molecule has 3 rings (SSSR count). The third-order valence-corrected chi connectivity index (χ3v) is 5.07. The molecular weight excluding hydrogens is 310 g/mol. The van der Waals surface area contributed by atoms with Crippen LogP contribution < -0.4 is 10.6 Å². The van der Waals surface area contributed by atoms with E-state index in [2.05, 4.69) is 35.5 Å². The zero-order chi connectivity index (χ0) is 17.6. The number of amides is 1. The van der Waals surface area contributed by atoms with Crippen LogP contribution in [0.2, 0.25) is 0 Å². The lowest BCUT2D eigenvalue weighted by atomic mass is 10.1. The van der Waals surface area contributed by atoms with Gasteiger partial charge < -0.3 is 10.6 Å². The van der Waals surface area contributed by atoms with Gasteiger partial charge in [-0.1, -0.05) is 37.8 Å². The molecule has 0 bridgehead atoms. The van der Waals surface area contributed by atoms with E-state index in [0.717, 1.165) is 24.2 Å². The summed E-state index contributed by atoms with van der Waals surface area (Å²) >= 11 is 0. The molecule has 1 fully saturated rings. The van der Waals surface area contributed by atoms with Gasteiger partial charge in [0.1, 0.15) is 0 Å². The van der Waals surface area contributed by atoms with Crippen LogP contribution in [0.5, 0.6) is 0 Å². The average Bonchev–Trinajstić information content (AvgIpc) is 2.88. The number of hydrogen-bond donors (Lipinski definition) is 2. The van der Waals surface area contributed by atoms with Gasteiger partial charge in [-0.15, -0.1) is 0 Å². The highest BCUT2D eigenvalue weighted by Gasteiger charge is 2.16. The molecule has 0 radical (unpaired) electrons. The molecule has 0 unspecified atom stereocenters. The van der Waals surface area contributed by atoms with Crippen molar-refractivity contribution in [1.29, 1.82) is 0 Å². The zero-order valence-corrected chi connectivity index (χ0v) is 15.1. The molecule has 2 N–H and O–H groups in total. The molecule has 4 nitrogen and oxygen atoms in total. The van der Waals surface area contributed by atoms with Gasteiger partial charge in [-0.05, 0) is 49.9 Å². The maximum atomic E-state index is 12.6. The van der Waals surface area contributed by atoms with Gasteiger partial charge in [0, 0.05) is 17.9 Å². The fraction of sp³-hybridized carbons (Fsp3) is 0.429. The molecule has 132 valence electrons. The van der Waals surface area contributed by atoms with Gasteiger partial charge in [0.05, 0.1) is 17.4 Å². The Labute approximate surface area is 150 Å². The summed E-state index contributed by atoms with van der Waals surface area (Å²) in [5, 5.41) is 6.56. The van der Waals surface area contributed by atoms with Crippen molar-refractivity contribution in [2.45, 2.75) is 58.4 Å². The summed E-state index contributed by atoms with van der Waals surface area (Å²) in [7, 11) is 0. The second kappa shape index (κ2) is 8.15. The first-order chi connectivity index (χ1) is 12.1. The van der Waals surface area contributed by atoms with E-state index in [9.17, 15) is 4.79 Å². The van der Waals surface area contributed by atoms with Crippen molar-refractivity contribution >= 4 is 17.3 Å². The summed E-state index contributed by atoms with van der Waals surface area (Å²) < 4.78 is 0. The first kappa shape index (κ1) is 17.5. The number of nitrogens with one attached hydrogen (secondary N) is 2. The van der Waals surface area contributed by atoms with E-state index in [1.807, 2.05) is 18.2 Å². The van der Waals surface area contributed by atoms with Gasteiger partial charge in [-0.2, -0.15) is 0 Å². The molecule has 0 spiro atoms. The van der Waals surface area contributed by atoms with Gasteiger partial charge in [0.2, 0.25) is 0 Å². The van der Waals surface area contributed by atoms with Crippen LogP contribution in [-0.4, -0.2) is 16.9 Å². The molecular formula is C21H27N3O. The lowest BCUT2D eigenvalue weighted by molar-refractivity contribution is 0.0933. The Kier molecular flexibility index (Phi) is 5.69. The standard InChI is InChI=1S/C21H27N3O/c1-15-8-7-11-20(16(15)2)23-19-12-17(13-22-14-19)21(25)24-18-9-5-3-4-6-10-18/h7-8,11-14,18,23H,3-6,9-10H2,1-2H3,(H,24,25). The first-order valence-electron chi connectivity index (χ1n) is 9.22. The largest absolute Gasteiger partial charge is 0.354 e. The molecule has 1 aromatic carbocycles. The van der Waals surface area contributed by atoms with Crippen LogP contribution in [0.15, 0.2) is 36.7 Å². The minimum absolute atomic E-state index is 0.0241. The Hall–Kier alpha value is -2.36. The summed E-state index contributed by atoms with van der Waals surface area (Å²) in [4.78, 5) is 16.8. The van der Waals surface area contributed by atoms with Crippen LogP contribution in [-0.2, 0) is 0 Å². The molecule has 1 heterocycles. The predicted octanol–water partition coefficient (Wildman–Crippen LogP) is 4.89. The minimum atomic E-state index is -0.0241. The smallest absolute Gasteiger partial charge is 0.253 e. The van der Waals surface area contributed by atoms with Gasteiger partial charge >= 0.3 is 0 Å². The van der Waals surface area contributed by atoms with Gasteiger partial charge in [0.15, 0.2) is 0 Å². The van der Waals surface area contributed by atoms with E-state index in [-0.39, 0.29) is 5.91 Å². The average molecular weight is 337 g/mol. The topological polar surface area (TPSA) is 54.0 Å². The third-order valence-electron chi connectivity index (χ3n) is 5.07. The SMILES string of the molecule is Cc1cccc(Nc2cncc(C(=O)NC3CCCCCC3)c2)c1C. The number of rotatable bonds is 4. The number of nitrogens with zero attached hydrogens (tertiary/aromatic N) is 1. The summed E-state index contributed by atoms with van der Waals surface area (Å²) in [6, 6.07) is 8.34. The third kappa shape index (κ3) is 4.59. The molecule has 1 amide bonds. The number of hydrogen-bond acceptors (Lipinski definition) is 3. The summed E-state index contributed by atoms with van der Waals surface area (Å²) in [6.45, 7) is 4.18. The van der Waals surface area contributed by atoms with Crippen LogP contribution in [0.3, 0.4) is 0 Å². The normalized spacial score (nSPS) is 15.4. The highest BCUT2D eigenvalue weighted by atomic mass is 16.1. The molecule has 2 aromatic rings. The number of aromatic nitrogens is 1. The highest BCUT2D eigenvalue weighted by molar-refractivity contribution is 5.95. The van der Waals surface area contributed by atoms with Crippen LogP contribution >= 0.6 is 0 Å². The van der Waals surface area contributed by atoms with Gasteiger partial charge in [-0.25, -0.2) is 0 Å². The Balaban J connectivity index is 1.70. The quantitative estimate of drug-likeness (QED) is 0.781. The summed E-state index contributed by atoms with van der Waals surface area (Å²) in [5.74, 6) is -0.0241. The number of aryl methyl sites for hydroxylation is 1. The lowest BCUT2D eigenvalue weighted by Crippen LogP contribution is -2.34. The van der Waals surface area contributed by atoms with Crippen LogP contribution in [0, 0.1) is 13.8 Å². The van der Waals surface area contributed by atoms with E-state index < -0.39 is 0 Å². The minimum Gasteiger partial charge on any atom is -0.354 e. The Morgan fingerprint density at radius 3 is 2.60 bits per heavy atom. The van der Waals surface area contributed by atoms with Crippen molar-refractivity contribution in [2.24, 2.45) is 0 Å². The maximum Gasteiger partial charge on any atom is 0.253 e. The van der Waals surface area contributed by atoms with Crippen LogP contribution in [0.1, 0.15) is 60.0 Å². The van der Waals surface area contributed by atoms with E-state index in [1.54, 1.807) is 12.4 Å². The predicted molar refractivity (Wildman–Crippen MR) is 102 cm³/mol. The van der Waals surface area contributed by atoms with E-state index >= 15 is 0 Å². The zero-order valence-electron chi connectivity index (χ0n) is 15.1. The Morgan fingerprint density at radius 1 is 1.08 bits per heavy atom. The number of carbonyl (C=O) groups excluding carboxylic acids is 1. The number of anilines is 2. The molecule has 1 saturated carbocycles. The van der Waals surface area contributed by atoms with Crippen LogP contribution in [0.4, 0.5) is 11.4 Å². The number of pyridine rings is 1. The maximum absolute atomic E-state index is 12.6. The summed E-state index contributed by atoms with van der Waals surface area (Å²) in [5.41, 5.74) is 4.93. The Bertz CT molecular complexity index is 734. The van der Waals surface area contributed by atoms with Crippen molar-refractivity contribution in [3.63, 3.8) is 0 Å². The van der Waals surface area contributed by atoms with Crippen LogP contribution in [0.25, 0.3) is 0 Å². The fourth-order valence-electron chi connectivity index (χ4n) is 3.37. The van der Waals surface area contributed by atoms with Gasteiger partial charge in [0.25, 0.3) is 5.91 Å². The Morgan fingerprint density at radius 2 is 1.84 bits per heavy atom. The van der Waals surface area contributed by atoms with Crippen molar-refractivity contribution in [3.8, 4) is 0 Å². The number of benzene rings is 1. The van der Waals surface area contributed by atoms with E-state index in [4.69, 9.17) is 0 Å². The molecule has 0 aliphatic heterocycles. The second-order valence-corrected chi connectivity index (χ2v) is 7.00. The fourth-order valence-corrected chi connectivity index (χ4v) is 3.37. The molecule has 1 aliphatic carbocycles. The monoisotopic (exact) mass is 337 g/mol.